The Balaban J connectivity index is -0.0000000267. The van der Waals surface area contributed by atoms with Crippen LogP contribution in [0.25, 0.3) is 0 Å². The van der Waals surface area contributed by atoms with E-state index in [1.54, 1.807) is 0 Å². The topological polar surface area (TPSA) is 80.9 Å². The first-order valence-corrected chi connectivity index (χ1v) is 2.68. The summed E-state index contributed by atoms with van der Waals surface area (Å²) < 4.78 is 0. The molecule has 8 heavy (non-hydrogen) atoms. The third kappa shape index (κ3) is 123. The summed E-state index contributed by atoms with van der Waals surface area (Å²) in [6, 6.07) is 0. The van der Waals surface area contributed by atoms with Crippen LogP contribution in [0.15, 0.2) is 0 Å². The van der Waals surface area contributed by atoms with Crippen LogP contribution in [0, 0.1) is 0 Å². The number of hydrogen-bond donors (Lipinski definition) is 4. The molecule has 0 heterocycles. The van der Waals surface area contributed by atoms with Crippen molar-refractivity contribution in [1.29, 1.82) is 0 Å². The molecule has 0 aromatic rings. The molecule has 0 atom stereocenters. The van der Waals surface area contributed by atoms with E-state index < -0.39 is 9.05 Å². The van der Waals surface area contributed by atoms with Crippen LogP contribution in [0.2, 0.25) is 0 Å². The second-order valence-electron chi connectivity index (χ2n) is 0.600. The molecule has 0 bridgehead atoms. The number of hydrogen-bond acceptors (Lipinski definition) is 4. The molecule has 0 aromatic heterocycles. The van der Waals surface area contributed by atoms with Crippen LogP contribution in [0.5, 0.6) is 0 Å². The van der Waals surface area contributed by atoms with Crippen LogP contribution in [0.1, 0.15) is 0 Å². The third-order valence-corrected chi connectivity index (χ3v) is 0. The van der Waals surface area contributed by atoms with Gasteiger partial charge in [-0.3, -0.25) is 0 Å². The summed E-state index contributed by atoms with van der Waals surface area (Å²) in [6.07, 6.45) is 0. The Kier molecular flexibility index (Phi) is 24.5. The van der Waals surface area contributed by atoms with E-state index >= 15 is 0 Å². The predicted octanol–water partition coefficient (Wildman–Crippen LogP) is -3.26. The molecular formula is H5LiMnNiO4Si. The molecule has 0 unspecified atom stereocenters. The van der Waals surface area contributed by atoms with Gasteiger partial charge in [0.15, 0.2) is 0 Å². The Morgan fingerprint density at radius 3 is 0.875 bits per heavy atom. The first-order valence-electron chi connectivity index (χ1n) is 0.894. The van der Waals surface area contributed by atoms with Crippen LogP contribution in [-0.4, -0.2) is 47.1 Å². The van der Waals surface area contributed by atoms with E-state index in [4.69, 9.17) is 19.2 Å². The van der Waals surface area contributed by atoms with Gasteiger partial charge < -0.3 is 19.2 Å². The van der Waals surface area contributed by atoms with E-state index in [1.807, 2.05) is 0 Å². The number of rotatable bonds is 0. The molecule has 0 saturated carbocycles. The molecule has 8 heteroatoms. The van der Waals surface area contributed by atoms with Crippen molar-refractivity contribution in [3.63, 3.8) is 0 Å². The average molecular weight is 218 g/mol. The molecule has 4 N–H and O–H groups in total. The zero-order chi connectivity index (χ0) is 4.50. The van der Waals surface area contributed by atoms with Crippen molar-refractivity contribution in [2.24, 2.45) is 0 Å². The average Bonchev–Trinajstić information content (AvgIpc) is 0.722. The van der Waals surface area contributed by atoms with Crippen molar-refractivity contribution in [1.82, 2.24) is 0 Å². The quantitative estimate of drug-likeness (QED) is 0.321. The molecule has 51 valence electrons. The minimum absolute atomic E-state index is 0. The van der Waals surface area contributed by atoms with Gasteiger partial charge in [-0.15, -0.1) is 0 Å². The first kappa shape index (κ1) is 22.6. The maximum atomic E-state index is 7.33. The largest absolute Gasteiger partial charge is 0 e. The van der Waals surface area contributed by atoms with Crippen molar-refractivity contribution in [3.8, 4) is 0 Å². The second kappa shape index (κ2) is 8.67. The van der Waals surface area contributed by atoms with Gasteiger partial charge in [0, 0.05) is 33.6 Å². The fraction of sp³-hybridized carbons (Fsp3) is 0. The molecule has 0 aromatic carbocycles. The molecule has 0 amide bonds. The summed E-state index contributed by atoms with van der Waals surface area (Å²) in [7, 11) is -4.61. The normalized spacial score (nSPS) is 7.50. The van der Waals surface area contributed by atoms with Gasteiger partial charge in [-0.25, -0.2) is 0 Å². The van der Waals surface area contributed by atoms with Gasteiger partial charge in [0.1, 0.15) is 0 Å². The molecule has 0 rings (SSSR count). The second-order valence-corrected chi connectivity index (χ2v) is 1.80. The molecule has 0 aliphatic rings. The molecule has 4 nitrogen and oxygen atoms in total. The van der Waals surface area contributed by atoms with Crippen LogP contribution in [-0.2, 0) is 33.6 Å². The monoisotopic (exact) mass is 217 g/mol. The summed E-state index contributed by atoms with van der Waals surface area (Å²) in [5.74, 6) is 0. The fourth-order valence-electron chi connectivity index (χ4n) is 0. The van der Waals surface area contributed by atoms with Gasteiger partial charge in [-0.05, 0) is 0 Å². The minimum atomic E-state index is -4.61. The van der Waals surface area contributed by atoms with E-state index in [9.17, 15) is 0 Å². The standard InChI is InChI=1S/Li.Mn.Ni.H4O4Si.H/c;;;1-5(2,3)4;/h;;;1-4H;. The van der Waals surface area contributed by atoms with E-state index in [-0.39, 0.29) is 52.4 Å². The first-order chi connectivity index (χ1) is 2.00. The van der Waals surface area contributed by atoms with Gasteiger partial charge in [0.25, 0.3) is 0 Å². The molecule has 0 saturated heterocycles. The van der Waals surface area contributed by atoms with Gasteiger partial charge in [-0.1, -0.05) is 0 Å². The van der Waals surface area contributed by atoms with Crippen molar-refractivity contribution in [2.45, 2.75) is 0 Å². The summed E-state index contributed by atoms with van der Waals surface area (Å²) in [4.78, 5) is 29.3. The summed E-state index contributed by atoms with van der Waals surface area (Å²) >= 11 is 0. The zero-order valence-corrected chi connectivity index (χ0v) is 6.15. The van der Waals surface area contributed by atoms with Crippen LogP contribution >= 0.6 is 0 Å². The maximum absolute atomic E-state index is 7.33. The molecule has 1 radical (unpaired) electrons. The third-order valence-electron chi connectivity index (χ3n) is 0. The zero-order valence-electron chi connectivity index (χ0n) is 2.98. The van der Waals surface area contributed by atoms with E-state index in [1.165, 1.54) is 0 Å². The van der Waals surface area contributed by atoms with E-state index in [0.717, 1.165) is 0 Å². The van der Waals surface area contributed by atoms with Crippen molar-refractivity contribution >= 4 is 27.9 Å². The van der Waals surface area contributed by atoms with E-state index in [0.29, 0.717) is 0 Å². The predicted molar refractivity (Wildman–Crippen MR) is 21.8 cm³/mol. The van der Waals surface area contributed by atoms with Gasteiger partial charge >= 0.3 is 27.9 Å². The maximum Gasteiger partial charge on any atom is 0 e. The van der Waals surface area contributed by atoms with Crippen molar-refractivity contribution in [2.75, 3.05) is 0 Å². The van der Waals surface area contributed by atoms with Crippen LogP contribution in [0.4, 0.5) is 0 Å². The Morgan fingerprint density at radius 1 is 0.875 bits per heavy atom. The Labute approximate surface area is 80.4 Å². The Morgan fingerprint density at radius 2 is 0.875 bits per heavy atom. The van der Waals surface area contributed by atoms with Crippen molar-refractivity contribution in [3.05, 3.63) is 0 Å². The minimum Gasteiger partial charge on any atom is 0 e. The Hall–Kier alpha value is 1.67. The van der Waals surface area contributed by atoms with Gasteiger partial charge in [0.2, 0.25) is 0 Å². The van der Waals surface area contributed by atoms with Crippen LogP contribution in [0.3, 0.4) is 0 Å². The van der Waals surface area contributed by atoms with Crippen LogP contribution < -0.4 is 0 Å². The summed E-state index contributed by atoms with van der Waals surface area (Å²) in [5, 5.41) is 0. The summed E-state index contributed by atoms with van der Waals surface area (Å²) in [5.41, 5.74) is 0. The molecule has 0 aliphatic carbocycles. The summed E-state index contributed by atoms with van der Waals surface area (Å²) in [6.45, 7) is 0. The molecule has 0 aliphatic heterocycles. The molecular weight excluding hydrogens is 213 g/mol. The SMILES string of the molecule is O[Si](O)(O)O.[LiH].[Mn].[Ni]. The van der Waals surface area contributed by atoms with E-state index in [2.05, 4.69) is 0 Å². The molecule has 0 spiro atoms. The fourth-order valence-corrected chi connectivity index (χ4v) is 0. The van der Waals surface area contributed by atoms with Gasteiger partial charge in [-0.2, -0.15) is 0 Å². The smallest absolute Gasteiger partial charge is 0 e. The van der Waals surface area contributed by atoms with Gasteiger partial charge in [0.05, 0.1) is 0 Å². The van der Waals surface area contributed by atoms with Crippen molar-refractivity contribution < 1.29 is 52.7 Å². The molecule has 0 fully saturated rings. The Bertz CT molecular complexity index is 31.5.